The normalized spacial score (nSPS) is 16.5. The van der Waals surface area contributed by atoms with E-state index in [0.29, 0.717) is 63.0 Å². The van der Waals surface area contributed by atoms with Crippen molar-refractivity contribution in [3.8, 4) is 11.5 Å². The third-order valence-electron chi connectivity index (χ3n) is 6.23. The van der Waals surface area contributed by atoms with Crippen LogP contribution in [0.1, 0.15) is 18.1 Å². The topological polar surface area (TPSA) is 100 Å². The molecule has 2 aromatic rings. The van der Waals surface area contributed by atoms with E-state index in [9.17, 15) is 14.4 Å². The number of rotatable bonds is 5. The van der Waals surface area contributed by atoms with E-state index in [1.165, 1.54) is 0 Å². The number of benzene rings is 2. The molecular weight excluding hydrogens is 436 g/mol. The Morgan fingerprint density at radius 3 is 2.41 bits per heavy atom. The van der Waals surface area contributed by atoms with Gasteiger partial charge in [-0.3, -0.25) is 19.8 Å². The summed E-state index contributed by atoms with van der Waals surface area (Å²) in [7, 11) is 0. The van der Waals surface area contributed by atoms with Gasteiger partial charge in [-0.25, -0.2) is 4.79 Å². The van der Waals surface area contributed by atoms with Crippen LogP contribution in [-0.4, -0.2) is 73.1 Å². The Hall–Kier alpha value is -3.59. The van der Waals surface area contributed by atoms with E-state index in [4.69, 9.17) is 9.47 Å². The van der Waals surface area contributed by atoms with Crippen molar-refractivity contribution in [1.29, 1.82) is 0 Å². The van der Waals surface area contributed by atoms with E-state index >= 15 is 0 Å². The Balaban J connectivity index is 1.24. The summed E-state index contributed by atoms with van der Waals surface area (Å²) in [5, 5.41) is 5.05. The summed E-state index contributed by atoms with van der Waals surface area (Å²) in [6.45, 7) is 6.93. The summed E-state index contributed by atoms with van der Waals surface area (Å²) in [5.41, 5.74) is 2.64. The fraction of sp³-hybridized carbons (Fsp3) is 0.400. The number of ether oxygens (including phenoxy) is 2. The van der Waals surface area contributed by atoms with Gasteiger partial charge >= 0.3 is 6.03 Å². The Bertz CT molecular complexity index is 1070. The molecule has 1 unspecified atom stereocenters. The molecule has 0 aromatic heterocycles. The maximum Gasteiger partial charge on any atom is 0.325 e. The quantitative estimate of drug-likeness (QED) is 0.701. The Morgan fingerprint density at radius 1 is 0.971 bits per heavy atom. The first-order chi connectivity index (χ1) is 16.4. The van der Waals surface area contributed by atoms with Gasteiger partial charge in [0, 0.05) is 37.9 Å². The van der Waals surface area contributed by atoms with E-state index in [1.807, 2.05) is 41.0 Å². The van der Waals surface area contributed by atoms with Crippen LogP contribution in [0.3, 0.4) is 0 Å². The fourth-order valence-electron chi connectivity index (χ4n) is 4.11. The zero-order chi connectivity index (χ0) is 24.1. The van der Waals surface area contributed by atoms with Gasteiger partial charge < -0.3 is 19.7 Å². The van der Waals surface area contributed by atoms with Crippen LogP contribution in [0.15, 0.2) is 42.5 Å². The SMILES string of the molecule is Cc1ccccc1CC(=O)N1CCN(C(C)C(=O)NC(=O)Nc2ccc3c(c2)OCCO3)CC1. The maximum atomic E-state index is 12.7. The molecular formula is C25H30N4O5. The van der Waals surface area contributed by atoms with Gasteiger partial charge in [-0.05, 0) is 37.1 Å². The second kappa shape index (κ2) is 10.6. The van der Waals surface area contributed by atoms with Crippen LogP contribution in [0.4, 0.5) is 10.5 Å². The molecule has 0 aliphatic carbocycles. The number of fused-ring (bicyclic) bond motifs is 1. The maximum absolute atomic E-state index is 12.7. The summed E-state index contributed by atoms with van der Waals surface area (Å²) in [6.07, 6.45) is 0.378. The largest absolute Gasteiger partial charge is 0.486 e. The number of aryl methyl sites for hydroxylation is 1. The number of imide groups is 1. The molecule has 34 heavy (non-hydrogen) atoms. The van der Waals surface area contributed by atoms with Crippen molar-refractivity contribution >= 4 is 23.5 Å². The molecule has 1 atom stereocenters. The van der Waals surface area contributed by atoms with Crippen LogP contribution >= 0.6 is 0 Å². The summed E-state index contributed by atoms with van der Waals surface area (Å²) in [4.78, 5) is 41.5. The van der Waals surface area contributed by atoms with Gasteiger partial charge in [-0.15, -0.1) is 0 Å². The van der Waals surface area contributed by atoms with Crippen LogP contribution < -0.4 is 20.1 Å². The molecule has 1 fully saturated rings. The van der Waals surface area contributed by atoms with Crippen molar-refractivity contribution in [3.05, 3.63) is 53.6 Å². The summed E-state index contributed by atoms with van der Waals surface area (Å²) in [6, 6.07) is 11.8. The molecule has 2 N–H and O–H groups in total. The summed E-state index contributed by atoms with van der Waals surface area (Å²) in [5.74, 6) is 0.872. The molecule has 2 aromatic carbocycles. The number of anilines is 1. The zero-order valence-corrected chi connectivity index (χ0v) is 19.5. The second-order valence-corrected chi connectivity index (χ2v) is 8.50. The van der Waals surface area contributed by atoms with Gasteiger partial charge in [0.2, 0.25) is 11.8 Å². The van der Waals surface area contributed by atoms with Crippen LogP contribution in [-0.2, 0) is 16.0 Å². The number of hydrogen-bond acceptors (Lipinski definition) is 6. The minimum absolute atomic E-state index is 0.0878. The van der Waals surface area contributed by atoms with E-state index in [-0.39, 0.29) is 5.91 Å². The number of nitrogens with one attached hydrogen (secondary N) is 2. The lowest BCUT2D eigenvalue weighted by atomic mass is 10.1. The first-order valence-electron chi connectivity index (χ1n) is 11.5. The third-order valence-corrected chi connectivity index (χ3v) is 6.23. The molecule has 4 amide bonds. The van der Waals surface area contributed by atoms with Gasteiger partial charge in [0.25, 0.3) is 0 Å². The minimum Gasteiger partial charge on any atom is -0.486 e. The highest BCUT2D eigenvalue weighted by molar-refractivity contribution is 6.02. The number of carbonyl (C=O) groups is 3. The summed E-state index contributed by atoms with van der Waals surface area (Å²) >= 11 is 0. The van der Waals surface area contributed by atoms with Crippen molar-refractivity contribution in [2.24, 2.45) is 0 Å². The van der Waals surface area contributed by atoms with Gasteiger partial charge in [-0.1, -0.05) is 24.3 Å². The van der Waals surface area contributed by atoms with Crippen molar-refractivity contribution in [2.45, 2.75) is 26.3 Å². The highest BCUT2D eigenvalue weighted by Gasteiger charge is 2.28. The van der Waals surface area contributed by atoms with E-state index < -0.39 is 18.0 Å². The molecule has 0 radical (unpaired) electrons. The second-order valence-electron chi connectivity index (χ2n) is 8.50. The van der Waals surface area contributed by atoms with Gasteiger partial charge in [0.1, 0.15) is 13.2 Å². The van der Waals surface area contributed by atoms with E-state index in [2.05, 4.69) is 10.6 Å². The van der Waals surface area contributed by atoms with Crippen LogP contribution in [0.2, 0.25) is 0 Å². The van der Waals surface area contributed by atoms with E-state index in [0.717, 1.165) is 11.1 Å². The summed E-state index contributed by atoms with van der Waals surface area (Å²) < 4.78 is 11.0. The van der Waals surface area contributed by atoms with Crippen LogP contribution in [0.25, 0.3) is 0 Å². The number of piperazine rings is 1. The molecule has 0 spiro atoms. The number of amides is 4. The average molecular weight is 467 g/mol. The zero-order valence-electron chi connectivity index (χ0n) is 19.5. The standard InChI is InChI=1S/C25H30N4O5/c1-17-5-3-4-6-19(17)15-23(30)29-11-9-28(10-12-29)18(2)24(31)27-25(32)26-20-7-8-21-22(16-20)34-14-13-33-21/h3-8,16,18H,9-15H2,1-2H3,(H2,26,27,31,32). The molecule has 0 bridgehead atoms. The van der Waals surface area contributed by atoms with Crippen molar-refractivity contribution < 1.29 is 23.9 Å². The monoisotopic (exact) mass is 466 g/mol. The molecule has 4 rings (SSSR count). The Labute approximate surface area is 199 Å². The minimum atomic E-state index is -0.611. The molecule has 1 saturated heterocycles. The predicted octanol–water partition coefficient (Wildman–Crippen LogP) is 2.19. The first kappa shape index (κ1) is 23.6. The number of nitrogens with zero attached hydrogens (tertiary/aromatic N) is 2. The lowest BCUT2D eigenvalue weighted by molar-refractivity contribution is -0.133. The molecule has 2 aliphatic rings. The van der Waals surface area contributed by atoms with Crippen LogP contribution in [0, 0.1) is 6.92 Å². The lowest BCUT2D eigenvalue weighted by Gasteiger charge is -2.37. The molecule has 180 valence electrons. The van der Waals surface area contributed by atoms with Gasteiger partial charge in [-0.2, -0.15) is 0 Å². The first-order valence-corrected chi connectivity index (χ1v) is 11.5. The smallest absolute Gasteiger partial charge is 0.325 e. The van der Waals surface area contributed by atoms with Crippen molar-refractivity contribution in [2.75, 3.05) is 44.7 Å². The van der Waals surface area contributed by atoms with Crippen molar-refractivity contribution in [3.63, 3.8) is 0 Å². The van der Waals surface area contributed by atoms with E-state index in [1.54, 1.807) is 25.1 Å². The van der Waals surface area contributed by atoms with Crippen LogP contribution in [0.5, 0.6) is 11.5 Å². The number of carbonyl (C=O) groups excluding carboxylic acids is 3. The number of urea groups is 1. The highest BCUT2D eigenvalue weighted by atomic mass is 16.6. The average Bonchev–Trinajstić information content (AvgIpc) is 2.85. The molecule has 2 aliphatic heterocycles. The Morgan fingerprint density at radius 2 is 1.68 bits per heavy atom. The lowest BCUT2D eigenvalue weighted by Crippen LogP contribution is -2.56. The molecule has 9 nitrogen and oxygen atoms in total. The Kier molecular flexibility index (Phi) is 7.32. The molecule has 9 heteroatoms. The third kappa shape index (κ3) is 5.66. The highest BCUT2D eigenvalue weighted by Crippen LogP contribution is 2.32. The fourth-order valence-corrected chi connectivity index (χ4v) is 4.11. The predicted molar refractivity (Wildman–Crippen MR) is 127 cm³/mol. The van der Waals surface area contributed by atoms with Gasteiger partial charge in [0.15, 0.2) is 11.5 Å². The van der Waals surface area contributed by atoms with Crippen molar-refractivity contribution in [1.82, 2.24) is 15.1 Å². The van der Waals surface area contributed by atoms with Gasteiger partial charge in [0.05, 0.1) is 12.5 Å². The molecule has 0 saturated carbocycles. The molecule has 2 heterocycles. The number of hydrogen-bond donors (Lipinski definition) is 2.